The molecule has 6 heteroatoms. The third-order valence-electron chi connectivity index (χ3n) is 3.55. The first kappa shape index (κ1) is 17.7. The van der Waals surface area contributed by atoms with Crippen LogP contribution < -0.4 is 5.32 Å². The number of para-hydroxylation sites is 1. The highest BCUT2D eigenvalue weighted by Gasteiger charge is 2.27. The number of carboxylic acid groups (broad SMARTS) is 1. The van der Waals surface area contributed by atoms with Crippen LogP contribution in [0.1, 0.15) is 50.2 Å². The van der Waals surface area contributed by atoms with Crippen molar-refractivity contribution in [3.05, 3.63) is 47.8 Å². The van der Waals surface area contributed by atoms with Gasteiger partial charge in [0.15, 0.2) is 0 Å². The standard InChI is InChI=1S/C18H23N3O3/c1-12(10-15(22)23)19-17(24)14-11-21(13-8-6-5-7-9-13)20-16(14)18(2,3)4/h5-9,11-12H,10H2,1-4H3,(H,19,24)(H,22,23). The minimum Gasteiger partial charge on any atom is -0.481 e. The van der Waals surface area contributed by atoms with E-state index in [2.05, 4.69) is 10.4 Å². The van der Waals surface area contributed by atoms with Crippen molar-refractivity contribution in [2.75, 3.05) is 0 Å². The minimum atomic E-state index is -0.946. The largest absolute Gasteiger partial charge is 0.481 e. The average molecular weight is 329 g/mol. The third kappa shape index (κ3) is 4.22. The van der Waals surface area contributed by atoms with Crippen molar-refractivity contribution in [1.82, 2.24) is 15.1 Å². The molecular weight excluding hydrogens is 306 g/mol. The third-order valence-corrected chi connectivity index (χ3v) is 3.55. The van der Waals surface area contributed by atoms with Crippen molar-refractivity contribution in [2.24, 2.45) is 0 Å². The topological polar surface area (TPSA) is 84.2 Å². The average Bonchev–Trinajstić information content (AvgIpc) is 2.92. The Morgan fingerprint density at radius 2 is 1.88 bits per heavy atom. The summed E-state index contributed by atoms with van der Waals surface area (Å²) in [6.45, 7) is 7.64. The number of benzene rings is 1. The highest BCUT2D eigenvalue weighted by Crippen LogP contribution is 2.25. The Hall–Kier alpha value is -2.63. The van der Waals surface area contributed by atoms with Crippen LogP contribution in [0, 0.1) is 0 Å². The molecule has 1 aromatic heterocycles. The molecule has 6 nitrogen and oxygen atoms in total. The van der Waals surface area contributed by atoms with E-state index in [1.807, 2.05) is 51.1 Å². The van der Waals surface area contributed by atoms with E-state index in [9.17, 15) is 9.59 Å². The quantitative estimate of drug-likeness (QED) is 0.883. The number of nitrogens with zero attached hydrogens (tertiary/aromatic N) is 2. The van der Waals surface area contributed by atoms with Gasteiger partial charge in [0.05, 0.1) is 23.4 Å². The molecule has 1 heterocycles. The van der Waals surface area contributed by atoms with Gasteiger partial charge in [-0.1, -0.05) is 39.0 Å². The van der Waals surface area contributed by atoms with Crippen molar-refractivity contribution in [3.8, 4) is 5.69 Å². The van der Waals surface area contributed by atoms with Gasteiger partial charge in [-0.2, -0.15) is 5.10 Å². The lowest BCUT2D eigenvalue weighted by Crippen LogP contribution is -2.35. The fourth-order valence-electron chi connectivity index (χ4n) is 2.42. The monoisotopic (exact) mass is 329 g/mol. The Labute approximate surface area is 141 Å². The van der Waals surface area contributed by atoms with Crippen LogP contribution >= 0.6 is 0 Å². The van der Waals surface area contributed by atoms with Gasteiger partial charge in [0, 0.05) is 17.7 Å². The molecule has 0 saturated heterocycles. The second kappa shape index (κ2) is 6.86. The summed E-state index contributed by atoms with van der Waals surface area (Å²) in [6.07, 6.45) is 1.57. The van der Waals surface area contributed by atoms with Crippen molar-refractivity contribution < 1.29 is 14.7 Å². The highest BCUT2D eigenvalue weighted by molar-refractivity contribution is 5.96. The van der Waals surface area contributed by atoms with Gasteiger partial charge in [-0.25, -0.2) is 4.68 Å². The molecule has 0 aliphatic heterocycles. The summed E-state index contributed by atoms with van der Waals surface area (Å²) < 4.78 is 1.68. The maximum Gasteiger partial charge on any atom is 0.305 e. The van der Waals surface area contributed by atoms with Gasteiger partial charge in [-0.3, -0.25) is 9.59 Å². The van der Waals surface area contributed by atoms with Gasteiger partial charge in [0.25, 0.3) is 5.91 Å². The van der Waals surface area contributed by atoms with Crippen molar-refractivity contribution in [2.45, 2.75) is 45.6 Å². The zero-order chi connectivity index (χ0) is 17.9. The van der Waals surface area contributed by atoms with Crippen molar-refractivity contribution in [1.29, 1.82) is 0 Å². The van der Waals surface area contributed by atoms with E-state index in [1.54, 1.807) is 17.8 Å². The predicted molar refractivity (Wildman–Crippen MR) is 91.4 cm³/mol. The molecule has 2 aromatic rings. The lowest BCUT2D eigenvalue weighted by Gasteiger charge is -2.18. The molecule has 0 bridgehead atoms. The van der Waals surface area contributed by atoms with E-state index in [4.69, 9.17) is 5.11 Å². The smallest absolute Gasteiger partial charge is 0.305 e. The summed E-state index contributed by atoms with van der Waals surface area (Å²) in [7, 11) is 0. The SMILES string of the molecule is CC(CC(=O)O)NC(=O)c1cn(-c2ccccc2)nc1C(C)(C)C. The number of carbonyl (C=O) groups excluding carboxylic acids is 1. The van der Waals surface area contributed by atoms with Gasteiger partial charge in [-0.15, -0.1) is 0 Å². The van der Waals surface area contributed by atoms with Gasteiger partial charge in [-0.05, 0) is 19.1 Å². The van der Waals surface area contributed by atoms with E-state index >= 15 is 0 Å². The molecule has 1 amide bonds. The number of rotatable bonds is 5. The minimum absolute atomic E-state index is 0.122. The maximum atomic E-state index is 12.6. The van der Waals surface area contributed by atoms with Crippen LogP contribution in [0.15, 0.2) is 36.5 Å². The number of carboxylic acids is 1. The van der Waals surface area contributed by atoms with E-state index in [-0.39, 0.29) is 17.7 Å². The van der Waals surface area contributed by atoms with Crippen LogP contribution in [-0.2, 0) is 10.2 Å². The Morgan fingerprint density at radius 3 is 2.42 bits per heavy atom. The molecule has 1 unspecified atom stereocenters. The predicted octanol–water partition coefficient (Wildman–Crippen LogP) is 2.76. The molecule has 0 saturated carbocycles. The van der Waals surface area contributed by atoms with E-state index in [1.165, 1.54) is 0 Å². The van der Waals surface area contributed by atoms with Crippen molar-refractivity contribution >= 4 is 11.9 Å². The molecule has 0 radical (unpaired) electrons. The molecule has 2 rings (SSSR count). The van der Waals surface area contributed by atoms with E-state index in [0.29, 0.717) is 11.3 Å². The summed E-state index contributed by atoms with van der Waals surface area (Å²) in [6, 6.07) is 9.09. The zero-order valence-corrected chi connectivity index (χ0v) is 14.4. The molecule has 128 valence electrons. The first-order valence-corrected chi connectivity index (χ1v) is 7.86. The first-order chi connectivity index (χ1) is 11.2. The van der Waals surface area contributed by atoms with Gasteiger partial charge >= 0.3 is 5.97 Å². The van der Waals surface area contributed by atoms with Crippen LogP contribution in [0.2, 0.25) is 0 Å². The Kier molecular flexibility index (Phi) is 5.07. The number of hydrogen-bond acceptors (Lipinski definition) is 3. The Morgan fingerprint density at radius 1 is 1.25 bits per heavy atom. The molecule has 0 aliphatic rings. The van der Waals surface area contributed by atoms with Gasteiger partial charge in [0.2, 0.25) is 0 Å². The zero-order valence-electron chi connectivity index (χ0n) is 14.4. The molecule has 0 fully saturated rings. The summed E-state index contributed by atoms with van der Waals surface area (Å²) in [5.41, 5.74) is 1.68. The molecule has 1 aromatic carbocycles. The summed E-state index contributed by atoms with van der Waals surface area (Å²) in [5, 5.41) is 16.1. The lowest BCUT2D eigenvalue weighted by molar-refractivity contribution is -0.137. The normalized spacial score (nSPS) is 12.7. The summed E-state index contributed by atoms with van der Waals surface area (Å²) in [4.78, 5) is 23.4. The van der Waals surface area contributed by atoms with E-state index in [0.717, 1.165) is 5.69 Å². The second-order valence-electron chi connectivity index (χ2n) is 6.89. The van der Waals surface area contributed by atoms with Crippen LogP contribution in [0.4, 0.5) is 0 Å². The number of nitrogens with one attached hydrogen (secondary N) is 1. The summed E-state index contributed by atoms with van der Waals surface area (Å²) >= 11 is 0. The number of hydrogen-bond donors (Lipinski definition) is 2. The molecule has 24 heavy (non-hydrogen) atoms. The maximum absolute atomic E-state index is 12.6. The molecule has 0 aliphatic carbocycles. The number of aliphatic carboxylic acids is 1. The van der Waals surface area contributed by atoms with Crippen LogP contribution in [0.25, 0.3) is 5.69 Å². The van der Waals surface area contributed by atoms with Crippen LogP contribution in [0.3, 0.4) is 0 Å². The molecule has 2 N–H and O–H groups in total. The number of carbonyl (C=O) groups is 2. The van der Waals surface area contributed by atoms with Crippen LogP contribution in [0.5, 0.6) is 0 Å². The van der Waals surface area contributed by atoms with Gasteiger partial charge in [0.1, 0.15) is 0 Å². The summed E-state index contributed by atoms with van der Waals surface area (Å²) in [5.74, 6) is -1.25. The molecule has 1 atom stereocenters. The fraction of sp³-hybridized carbons (Fsp3) is 0.389. The number of amides is 1. The van der Waals surface area contributed by atoms with Gasteiger partial charge < -0.3 is 10.4 Å². The molecule has 0 spiro atoms. The number of aromatic nitrogens is 2. The second-order valence-corrected chi connectivity index (χ2v) is 6.89. The van der Waals surface area contributed by atoms with E-state index < -0.39 is 12.0 Å². The fourth-order valence-corrected chi connectivity index (χ4v) is 2.42. The Balaban J connectivity index is 2.36. The Bertz CT molecular complexity index is 730. The van der Waals surface area contributed by atoms with Crippen molar-refractivity contribution in [3.63, 3.8) is 0 Å². The molecular formula is C18H23N3O3. The first-order valence-electron chi connectivity index (χ1n) is 7.86. The van der Waals surface area contributed by atoms with Crippen LogP contribution in [-0.4, -0.2) is 32.8 Å². The lowest BCUT2D eigenvalue weighted by atomic mass is 9.89. The highest BCUT2D eigenvalue weighted by atomic mass is 16.4.